The number of nitrogens with one attached hydrogen (secondary N) is 1. The molecule has 1 aromatic carbocycles. The van der Waals surface area contributed by atoms with Crippen LogP contribution in [-0.4, -0.2) is 15.5 Å². The minimum absolute atomic E-state index is 0.299. The van der Waals surface area contributed by atoms with Crippen molar-refractivity contribution in [3.63, 3.8) is 0 Å². The van der Waals surface area contributed by atoms with Crippen LogP contribution in [0.15, 0.2) is 23.6 Å². The summed E-state index contributed by atoms with van der Waals surface area (Å²) in [6.07, 6.45) is 0. The molecule has 0 spiro atoms. The molecule has 4 nitrogen and oxygen atoms in total. The zero-order chi connectivity index (χ0) is 11.5. The number of amides is 1. The van der Waals surface area contributed by atoms with E-state index in [1.165, 1.54) is 12.1 Å². The average Bonchev–Trinajstić information content (AvgIpc) is 2.74. The van der Waals surface area contributed by atoms with E-state index >= 15 is 0 Å². The van der Waals surface area contributed by atoms with Gasteiger partial charge in [-0.1, -0.05) is 10.6 Å². The quantitative estimate of drug-likeness (QED) is 0.871. The highest BCUT2D eigenvalue weighted by Gasteiger charge is 2.11. The summed E-state index contributed by atoms with van der Waals surface area (Å²) in [6.45, 7) is 1.74. The van der Waals surface area contributed by atoms with Gasteiger partial charge < -0.3 is 5.32 Å². The number of rotatable bonds is 2. The minimum atomic E-state index is -0.438. The standard InChI is InChI=1S/C10H8FN3OS/c1-6-2-3-7(11)4-8(6)10(15)12-9-5-16-14-13-9/h2-5H,1H3,(H,12,15). The number of nitrogens with zero attached hydrogens (tertiary/aromatic N) is 2. The van der Waals surface area contributed by atoms with Crippen molar-refractivity contribution >= 4 is 23.3 Å². The molecule has 0 fully saturated rings. The number of halogens is 1. The molecule has 1 amide bonds. The van der Waals surface area contributed by atoms with Crippen LogP contribution >= 0.6 is 11.5 Å². The highest BCUT2D eigenvalue weighted by molar-refractivity contribution is 7.03. The molecule has 82 valence electrons. The lowest BCUT2D eigenvalue weighted by molar-refractivity contribution is 0.102. The third kappa shape index (κ3) is 2.22. The average molecular weight is 237 g/mol. The van der Waals surface area contributed by atoms with Crippen molar-refractivity contribution < 1.29 is 9.18 Å². The summed E-state index contributed by atoms with van der Waals surface area (Å²) in [4.78, 5) is 11.7. The number of benzene rings is 1. The summed E-state index contributed by atoms with van der Waals surface area (Å²) < 4.78 is 16.6. The first-order valence-electron chi connectivity index (χ1n) is 4.51. The number of anilines is 1. The monoisotopic (exact) mass is 237 g/mol. The Bertz CT molecular complexity index is 513. The lowest BCUT2D eigenvalue weighted by atomic mass is 10.1. The van der Waals surface area contributed by atoms with Crippen LogP contribution in [0.5, 0.6) is 0 Å². The van der Waals surface area contributed by atoms with Crippen LogP contribution in [0.25, 0.3) is 0 Å². The van der Waals surface area contributed by atoms with Crippen molar-refractivity contribution in [2.75, 3.05) is 5.32 Å². The number of hydrogen-bond donors (Lipinski definition) is 1. The van der Waals surface area contributed by atoms with Crippen molar-refractivity contribution in [1.29, 1.82) is 0 Å². The number of aryl methyl sites for hydroxylation is 1. The van der Waals surface area contributed by atoms with E-state index < -0.39 is 5.82 Å². The van der Waals surface area contributed by atoms with E-state index in [9.17, 15) is 9.18 Å². The second-order valence-electron chi connectivity index (χ2n) is 3.20. The second-order valence-corrected chi connectivity index (χ2v) is 3.81. The van der Waals surface area contributed by atoms with Crippen LogP contribution < -0.4 is 5.32 Å². The normalized spacial score (nSPS) is 10.1. The van der Waals surface area contributed by atoms with Crippen molar-refractivity contribution in [2.24, 2.45) is 0 Å². The molecule has 0 saturated heterocycles. The van der Waals surface area contributed by atoms with E-state index in [0.717, 1.165) is 11.5 Å². The van der Waals surface area contributed by atoms with Crippen molar-refractivity contribution in [2.45, 2.75) is 6.92 Å². The van der Waals surface area contributed by atoms with Crippen LogP contribution in [0.4, 0.5) is 10.2 Å². The SMILES string of the molecule is Cc1ccc(F)cc1C(=O)Nc1csnn1. The van der Waals surface area contributed by atoms with Crippen molar-refractivity contribution in [3.8, 4) is 0 Å². The van der Waals surface area contributed by atoms with E-state index in [-0.39, 0.29) is 5.91 Å². The van der Waals surface area contributed by atoms with Gasteiger partial charge in [-0.15, -0.1) is 5.10 Å². The van der Waals surface area contributed by atoms with Gasteiger partial charge in [0.15, 0.2) is 5.82 Å². The Balaban J connectivity index is 2.24. The molecule has 1 aromatic heterocycles. The van der Waals surface area contributed by atoms with E-state index in [4.69, 9.17) is 0 Å². The molecule has 0 aliphatic carbocycles. The van der Waals surface area contributed by atoms with Gasteiger partial charge in [0.25, 0.3) is 5.91 Å². The molecule has 0 unspecified atom stereocenters. The van der Waals surface area contributed by atoms with Crippen molar-refractivity contribution in [3.05, 3.63) is 40.5 Å². The summed E-state index contributed by atoms with van der Waals surface area (Å²) in [5.41, 5.74) is 1.01. The van der Waals surface area contributed by atoms with E-state index in [0.29, 0.717) is 16.9 Å². The smallest absolute Gasteiger partial charge is 0.257 e. The Labute approximate surface area is 95.3 Å². The van der Waals surface area contributed by atoms with Gasteiger partial charge in [-0.25, -0.2) is 4.39 Å². The van der Waals surface area contributed by atoms with Gasteiger partial charge in [0.1, 0.15) is 5.82 Å². The van der Waals surface area contributed by atoms with Crippen molar-refractivity contribution in [1.82, 2.24) is 9.59 Å². The Morgan fingerprint density at radius 2 is 2.31 bits per heavy atom. The minimum Gasteiger partial charge on any atom is -0.304 e. The fourth-order valence-electron chi connectivity index (χ4n) is 1.24. The topological polar surface area (TPSA) is 54.9 Å². The molecule has 0 aliphatic rings. The predicted molar refractivity (Wildman–Crippen MR) is 59.0 cm³/mol. The zero-order valence-corrected chi connectivity index (χ0v) is 9.21. The van der Waals surface area contributed by atoms with E-state index in [2.05, 4.69) is 14.9 Å². The van der Waals surface area contributed by atoms with Crippen LogP contribution in [0, 0.1) is 12.7 Å². The van der Waals surface area contributed by atoms with Gasteiger partial charge in [0.2, 0.25) is 0 Å². The summed E-state index contributed by atoms with van der Waals surface area (Å²) in [5.74, 6) is -0.449. The molecule has 1 heterocycles. The molecule has 6 heteroatoms. The third-order valence-corrected chi connectivity index (χ3v) is 2.55. The van der Waals surface area contributed by atoms with Gasteiger partial charge in [-0.05, 0) is 36.2 Å². The van der Waals surface area contributed by atoms with Crippen LogP contribution in [0.1, 0.15) is 15.9 Å². The third-order valence-electron chi connectivity index (χ3n) is 2.05. The lowest BCUT2D eigenvalue weighted by Crippen LogP contribution is -2.13. The molecule has 0 bridgehead atoms. The molecule has 0 saturated carbocycles. The maximum absolute atomic E-state index is 13.0. The largest absolute Gasteiger partial charge is 0.304 e. The fourth-order valence-corrected chi connectivity index (χ4v) is 1.63. The van der Waals surface area contributed by atoms with Gasteiger partial charge in [-0.2, -0.15) is 0 Å². The van der Waals surface area contributed by atoms with Crippen LogP contribution in [0.2, 0.25) is 0 Å². The Hall–Kier alpha value is -1.82. The van der Waals surface area contributed by atoms with E-state index in [1.54, 1.807) is 18.4 Å². The van der Waals surface area contributed by atoms with Gasteiger partial charge in [0.05, 0.1) is 5.38 Å². The fraction of sp³-hybridized carbons (Fsp3) is 0.100. The number of carbonyl (C=O) groups excluding carboxylic acids is 1. The molecule has 2 aromatic rings. The Morgan fingerprint density at radius 1 is 1.50 bits per heavy atom. The van der Waals surface area contributed by atoms with Crippen LogP contribution in [-0.2, 0) is 0 Å². The molecular formula is C10H8FN3OS. The van der Waals surface area contributed by atoms with Gasteiger partial charge >= 0.3 is 0 Å². The molecule has 0 atom stereocenters. The lowest BCUT2D eigenvalue weighted by Gasteiger charge is -2.04. The highest BCUT2D eigenvalue weighted by Crippen LogP contribution is 2.13. The maximum atomic E-state index is 13.0. The maximum Gasteiger partial charge on any atom is 0.257 e. The summed E-state index contributed by atoms with van der Waals surface area (Å²) in [7, 11) is 0. The first-order chi connectivity index (χ1) is 7.66. The molecular weight excluding hydrogens is 229 g/mol. The molecule has 2 rings (SSSR count). The second kappa shape index (κ2) is 4.36. The van der Waals surface area contributed by atoms with Gasteiger partial charge in [-0.3, -0.25) is 4.79 Å². The highest BCUT2D eigenvalue weighted by atomic mass is 32.1. The first kappa shape index (κ1) is 10.7. The van der Waals surface area contributed by atoms with E-state index in [1.807, 2.05) is 0 Å². The molecule has 0 aliphatic heterocycles. The van der Waals surface area contributed by atoms with Crippen LogP contribution in [0.3, 0.4) is 0 Å². The molecule has 16 heavy (non-hydrogen) atoms. The summed E-state index contributed by atoms with van der Waals surface area (Å²) in [6, 6.07) is 4.07. The van der Waals surface area contributed by atoms with Gasteiger partial charge in [0, 0.05) is 5.56 Å². The number of aromatic nitrogens is 2. The number of carbonyl (C=O) groups is 1. The Morgan fingerprint density at radius 3 is 3.00 bits per heavy atom. The zero-order valence-electron chi connectivity index (χ0n) is 8.40. The predicted octanol–water partition coefficient (Wildman–Crippen LogP) is 2.24. The Kier molecular flexibility index (Phi) is 2.91. The first-order valence-corrected chi connectivity index (χ1v) is 5.35. The molecule has 0 radical (unpaired) electrons. The number of hydrogen-bond acceptors (Lipinski definition) is 4. The summed E-state index contributed by atoms with van der Waals surface area (Å²) in [5, 5.41) is 7.82. The molecule has 1 N–H and O–H groups in total. The summed E-state index contributed by atoms with van der Waals surface area (Å²) >= 11 is 1.13.